The highest BCUT2D eigenvalue weighted by atomic mass is 35.6. The first kappa shape index (κ1) is 16.0. The van der Waals surface area contributed by atoms with E-state index in [1.807, 2.05) is 0 Å². The van der Waals surface area contributed by atoms with Crippen molar-refractivity contribution in [3.05, 3.63) is 0 Å². The van der Waals surface area contributed by atoms with Gasteiger partial charge < -0.3 is 10.0 Å². The number of hydrogen-bond acceptors (Lipinski definition) is 2. The van der Waals surface area contributed by atoms with Crippen LogP contribution in [0.15, 0.2) is 0 Å². The van der Waals surface area contributed by atoms with E-state index < -0.39 is 9.90 Å². The molecule has 0 spiro atoms. The van der Waals surface area contributed by atoms with E-state index in [-0.39, 0.29) is 24.7 Å². The van der Waals surface area contributed by atoms with E-state index in [1.54, 1.807) is 19.0 Å². The van der Waals surface area contributed by atoms with Crippen LogP contribution in [-0.4, -0.2) is 39.8 Å². The molecule has 1 atom stereocenters. The molecular weight excluding hydrogens is 258 g/mol. The monoisotopic (exact) mass is 268 g/mol. The number of amidine groups is 1. The molecule has 1 unspecified atom stereocenters. The Labute approximate surface area is 98.9 Å². The summed E-state index contributed by atoms with van der Waals surface area (Å²) in [5.41, 5.74) is 0. The van der Waals surface area contributed by atoms with E-state index >= 15 is 0 Å². The molecule has 0 aromatic rings. The van der Waals surface area contributed by atoms with Crippen molar-refractivity contribution in [1.29, 1.82) is 5.41 Å². The van der Waals surface area contributed by atoms with Crippen LogP contribution in [0.5, 0.6) is 0 Å². The lowest BCUT2D eigenvalue weighted by atomic mass is 10.2. The third-order valence-corrected chi connectivity index (χ3v) is 2.06. The lowest BCUT2D eigenvalue weighted by molar-refractivity contribution is 0.183. The maximum Gasteiger partial charge on any atom is 0.216 e. The van der Waals surface area contributed by atoms with Crippen molar-refractivity contribution < 1.29 is 5.11 Å². The quantitative estimate of drug-likeness (QED) is 0.458. The summed E-state index contributed by atoms with van der Waals surface area (Å²) in [5.74, 6) is 0.217. The Morgan fingerprint density at radius 3 is 2.08 bits per heavy atom. The van der Waals surface area contributed by atoms with Gasteiger partial charge in [-0.15, -0.1) is 12.4 Å². The molecule has 0 bridgehead atoms. The summed E-state index contributed by atoms with van der Waals surface area (Å²) in [5, 5.41) is 16.6. The first-order chi connectivity index (χ1) is 5.25. The van der Waals surface area contributed by atoms with Crippen LogP contribution in [0.1, 0.15) is 6.42 Å². The zero-order valence-corrected chi connectivity index (χ0v) is 10.3. The second kappa shape index (κ2) is 6.14. The van der Waals surface area contributed by atoms with E-state index in [0.29, 0.717) is 0 Å². The lowest BCUT2D eigenvalue weighted by Crippen LogP contribution is -2.32. The first-order valence-corrected chi connectivity index (χ1v) is 4.38. The van der Waals surface area contributed by atoms with E-state index in [9.17, 15) is 5.11 Å². The minimum Gasteiger partial charge on any atom is -0.388 e. The highest BCUT2D eigenvalue weighted by molar-refractivity contribution is 6.68. The van der Waals surface area contributed by atoms with Crippen LogP contribution in [0.2, 0.25) is 0 Å². The van der Waals surface area contributed by atoms with Gasteiger partial charge in [-0.2, -0.15) is 0 Å². The molecule has 2 N–H and O–H groups in total. The summed E-state index contributed by atoms with van der Waals surface area (Å²) in [6, 6.07) is 0. The molecule has 0 heterocycles. The van der Waals surface area contributed by atoms with Gasteiger partial charge in [-0.05, 0) is 0 Å². The van der Waals surface area contributed by atoms with Crippen LogP contribution in [-0.2, 0) is 0 Å². The van der Waals surface area contributed by atoms with Gasteiger partial charge in [0.25, 0.3) is 0 Å². The summed E-state index contributed by atoms with van der Waals surface area (Å²) in [7, 11) is 3.38. The van der Waals surface area contributed by atoms with E-state index in [2.05, 4.69) is 0 Å². The number of aliphatic hydroxyl groups is 1. The topological polar surface area (TPSA) is 47.3 Å². The van der Waals surface area contributed by atoms with E-state index in [1.165, 1.54) is 0 Å². The van der Waals surface area contributed by atoms with Crippen LogP contribution in [0, 0.1) is 5.41 Å². The number of rotatable bonds is 2. The van der Waals surface area contributed by atoms with Crippen LogP contribution in [0.4, 0.5) is 0 Å². The Balaban J connectivity index is 0. The summed E-state index contributed by atoms with van der Waals surface area (Å²) in [6.45, 7) is 0. The fourth-order valence-electron chi connectivity index (χ4n) is 0.481. The van der Waals surface area contributed by atoms with Crippen molar-refractivity contribution in [3.8, 4) is 0 Å². The molecule has 0 aromatic heterocycles. The molecule has 0 fully saturated rings. The average molecular weight is 270 g/mol. The molecule has 0 saturated carbocycles. The van der Waals surface area contributed by atoms with Crippen LogP contribution >= 0.6 is 47.2 Å². The third kappa shape index (κ3) is 6.63. The Morgan fingerprint density at radius 1 is 1.46 bits per heavy atom. The molecule has 0 aromatic carbocycles. The van der Waals surface area contributed by atoms with Gasteiger partial charge in [0.2, 0.25) is 3.79 Å². The molecule has 13 heavy (non-hydrogen) atoms. The number of nitrogens with zero attached hydrogens (tertiary/aromatic N) is 1. The van der Waals surface area contributed by atoms with Gasteiger partial charge >= 0.3 is 0 Å². The Hall–Kier alpha value is 0.590. The molecule has 0 saturated heterocycles. The number of alkyl halides is 3. The van der Waals surface area contributed by atoms with Crippen molar-refractivity contribution in [3.63, 3.8) is 0 Å². The van der Waals surface area contributed by atoms with E-state index in [0.717, 1.165) is 0 Å². The van der Waals surface area contributed by atoms with Gasteiger partial charge in [0.1, 0.15) is 6.10 Å². The number of halogens is 4. The fourth-order valence-corrected chi connectivity index (χ4v) is 0.713. The highest BCUT2D eigenvalue weighted by Gasteiger charge is 2.31. The number of hydrogen-bond donors (Lipinski definition) is 2. The predicted molar refractivity (Wildman–Crippen MR) is 59.6 cm³/mol. The minimum atomic E-state index is -1.72. The van der Waals surface area contributed by atoms with E-state index in [4.69, 9.17) is 40.2 Å². The summed E-state index contributed by atoms with van der Waals surface area (Å²) < 4.78 is -1.72. The molecule has 0 aliphatic heterocycles. The zero-order chi connectivity index (χ0) is 9.94. The van der Waals surface area contributed by atoms with Gasteiger partial charge in [-0.3, -0.25) is 5.41 Å². The average Bonchev–Trinajstić information content (AvgIpc) is 1.85. The smallest absolute Gasteiger partial charge is 0.216 e. The van der Waals surface area contributed by atoms with Gasteiger partial charge in [0.05, 0.1) is 5.84 Å². The van der Waals surface area contributed by atoms with Gasteiger partial charge in [0, 0.05) is 20.5 Å². The van der Waals surface area contributed by atoms with Crippen molar-refractivity contribution in [2.24, 2.45) is 0 Å². The molecule has 0 rings (SSSR count). The van der Waals surface area contributed by atoms with Crippen molar-refractivity contribution >= 4 is 53.0 Å². The standard InChI is InChI=1S/C6H11Cl3N2O.ClH/c1-11(2)5(10)3-4(12)6(7,8)9;/h4,10,12H,3H2,1-2H3;1H. The maximum absolute atomic E-state index is 9.24. The summed E-state index contributed by atoms with van der Waals surface area (Å²) in [4.78, 5) is 1.54. The maximum atomic E-state index is 9.24. The van der Waals surface area contributed by atoms with Gasteiger partial charge in [-0.25, -0.2) is 0 Å². The highest BCUT2D eigenvalue weighted by Crippen LogP contribution is 2.31. The zero-order valence-electron chi connectivity index (χ0n) is 7.22. The molecule has 0 amide bonds. The van der Waals surface area contributed by atoms with Crippen molar-refractivity contribution in [1.82, 2.24) is 4.90 Å². The Kier molecular flexibility index (Phi) is 7.58. The Bertz CT molecular complexity index is 169. The minimum absolute atomic E-state index is 0. The Morgan fingerprint density at radius 2 is 1.85 bits per heavy atom. The third-order valence-electron chi connectivity index (χ3n) is 1.30. The van der Waals surface area contributed by atoms with Crippen molar-refractivity contribution in [2.75, 3.05) is 14.1 Å². The SMILES string of the molecule is CN(C)C(=N)CC(O)C(Cl)(Cl)Cl.Cl. The lowest BCUT2D eigenvalue weighted by Gasteiger charge is -2.21. The molecular formula is C6H12Cl4N2O. The molecule has 0 aliphatic rings. The summed E-state index contributed by atoms with van der Waals surface area (Å²) in [6.07, 6.45) is -1.11. The molecule has 80 valence electrons. The largest absolute Gasteiger partial charge is 0.388 e. The molecule has 7 heteroatoms. The number of aliphatic hydroxyl groups excluding tert-OH is 1. The normalized spacial score (nSPS) is 13.1. The first-order valence-electron chi connectivity index (χ1n) is 3.24. The molecule has 0 radical (unpaired) electrons. The summed E-state index contributed by atoms with van der Waals surface area (Å²) >= 11 is 16.2. The van der Waals surface area contributed by atoms with Crippen LogP contribution < -0.4 is 0 Å². The number of nitrogens with one attached hydrogen (secondary N) is 1. The van der Waals surface area contributed by atoms with Crippen LogP contribution in [0.25, 0.3) is 0 Å². The van der Waals surface area contributed by atoms with Crippen LogP contribution in [0.3, 0.4) is 0 Å². The molecule has 0 aliphatic carbocycles. The second-order valence-corrected chi connectivity index (χ2v) is 4.97. The second-order valence-electron chi connectivity index (χ2n) is 2.60. The van der Waals surface area contributed by atoms with Gasteiger partial charge in [0.15, 0.2) is 0 Å². The predicted octanol–water partition coefficient (Wildman–Crippen LogP) is 2.07. The molecule has 3 nitrogen and oxygen atoms in total. The fraction of sp³-hybridized carbons (Fsp3) is 0.833. The van der Waals surface area contributed by atoms with Crippen molar-refractivity contribution in [2.45, 2.75) is 16.3 Å². The van der Waals surface area contributed by atoms with Gasteiger partial charge in [-0.1, -0.05) is 34.8 Å².